The fourth-order valence-electron chi connectivity index (χ4n) is 3.49. The number of carbonyl (C=O) groups excluding carboxylic acids is 2. The zero-order valence-corrected chi connectivity index (χ0v) is 15.2. The molecule has 26 heavy (non-hydrogen) atoms. The average molecular weight is 353 g/mol. The predicted molar refractivity (Wildman–Crippen MR) is 98.8 cm³/mol. The van der Waals surface area contributed by atoms with Gasteiger partial charge in [-0.2, -0.15) is 0 Å². The van der Waals surface area contributed by atoms with Crippen molar-refractivity contribution in [1.29, 1.82) is 0 Å². The lowest BCUT2D eigenvalue weighted by Crippen LogP contribution is -2.40. The first-order valence-corrected chi connectivity index (χ1v) is 8.76. The van der Waals surface area contributed by atoms with Crippen LogP contribution in [0.15, 0.2) is 48.5 Å². The lowest BCUT2D eigenvalue weighted by atomic mass is 9.98. The molecule has 136 valence electrons. The van der Waals surface area contributed by atoms with Crippen molar-refractivity contribution in [2.75, 3.05) is 13.7 Å². The molecule has 0 saturated carbocycles. The van der Waals surface area contributed by atoms with E-state index in [1.54, 1.807) is 7.05 Å². The Morgan fingerprint density at radius 1 is 1.00 bits per heavy atom. The first-order valence-electron chi connectivity index (χ1n) is 8.76. The van der Waals surface area contributed by atoms with Gasteiger partial charge in [0.2, 0.25) is 0 Å². The van der Waals surface area contributed by atoms with E-state index < -0.39 is 18.2 Å². The first-order chi connectivity index (χ1) is 12.5. The van der Waals surface area contributed by atoms with Gasteiger partial charge < -0.3 is 14.8 Å². The standard InChI is InChI=1S/C21H23NO4/c1-13(2)19(22-3)20(23)26-21(24)25-12-18-16-10-6-4-8-14(16)15-9-5-7-11-17(15)18/h4-11,13,18-19,22H,12H2,1-3H3/t19-/m0/s1. The van der Waals surface area contributed by atoms with Gasteiger partial charge in [-0.05, 0) is 35.2 Å². The summed E-state index contributed by atoms with van der Waals surface area (Å²) in [5.41, 5.74) is 4.53. The van der Waals surface area contributed by atoms with Crippen LogP contribution in [0.3, 0.4) is 0 Å². The topological polar surface area (TPSA) is 64.6 Å². The second-order valence-electron chi connectivity index (χ2n) is 6.72. The maximum atomic E-state index is 12.0. The molecule has 0 amide bonds. The summed E-state index contributed by atoms with van der Waals surface area (Å²) < 4.78 is 10.1. The molecule has 0 saturated heterocycles. The Hall–Kier alpha value is -2.66. The van der Waals surface area contributed by atoms with Crippen molar-refractivity contribution in [3.63, 3.8) is 0 Å². The highest BCUT2D eigenvalue weighted by atomic mass is 16.7. The summed E-state index contributed by atoms with van der Waals surface area (Å²) in [5, 5.41) is 2.85. The van der Waals surface area contributed by atoms with Gasteiger partial charge in [-0.25, -0.2) is 9.59 Å². The average Bonchev–Trinajstić information content (AvgIpc) is 2.94. The van der Waals surface area contributed by atoms with Gasteiger partial charge in [-0.15, -0.1) is 0 Å². The van der Waals surface area contributed by atoms with Crippen LogP contribution in [-0.2, 0) is 14.3 Å². The van der Waals surface area contributed by atoms with Gasteiger partial charge in [0.15, 0.2) is 0 Å². The molecule has 1 aliphatic rings. The highest BCUT2D eigenvalue weighted by Crippen LogP contribution is 2.44. The summed E-state index contributed by atoms with van der Waals surface area (Å²) in [4.78, 5) is 24.0. The minimum absolute atomic E-state index is 0.00823. The van der Waals surface area contributed by atoms with Crippen LogP contribution >= 0.6 is 0 Å². The van der Waals surface area contributed by atoms with E-state index in [2.05, 4.69) is 17.4 Å². The van der Waals surface area contributed by atoms with Crippen molar-refractivity contribution in [3.8, 4) is 11.1 Å². The second kappa shape index (κ2) is 7.70. The molecular formula is C21H23NO4. The second-order valence-corrected chi connectivity index (χ2v) is 6.72. The predicted octanol–water partition coefficient (Wildman–Crippen LogP) is 3.72. The van der Waals surface area contributed by atoms with Crippen LogP contribution in [0.1, 0.15) is 30.9 Å². The highest BCUT2D eigenvalue weighted by Gasteiger charge is 2.30. The quantitative estimate of drug-likeness (QED) is 0.655. The molecule has 1 atom stereocenters. The van der Waals surface area contributed by atoms with Crippen molar-refractivity contribution >= 4 is 12.1 Å². The van der Waals surface area contributed by atoms with Crippen LogP contribution < -0.4 is 5.32 Å². The zero-order valence-electron chi connectivity index (χ0n) is 15.2. The van der Waals surface area contributed by atoms with Crippen molar-refractivity contribution in [2.24, 2.45) is 5.92 Å². The zero-order chi connectivity index (χ0) is 18.7. The number of rotatable bonds is 5. The molecule has 0 unspecified atom stereocenters. The number of carbonyl (C=O) groups is 2. The number of likely N-dealkylation sites (N-methyl/N-ethyl adjacent to an activating group) is 1. The van der Waals surface area contributed by atoms with Gasteiger partial charge in [0.05, 0.1) is 0 Å². The maximum Gasteiger partial charge on any atom is 0.516 e. The Morgan fingerprint density at radius 3 is 2.04 bits per heavy atom. The summed E-state index contributed by atoms with van der Waals surface area (Å²) in [6, 6.07) is 15.6. The van der Waals surface area contributed by atoms with E-state index in [9.17, 15) is 9.59 Å². The Labute approximate surface area is 153 Å². The molecular weight excluding hydrogens is 330 g/mol. The van der Waals surface area contributed by atoms with Crippen LogP contribution in [0, 0.1) is 5.92 Å². The molecule has 1 N–H and O–H groups in total. The van der Waals surface area contributed by atoms with Crippen molar-refractivity contribution < 1.29 is 19.1 Å². The van der Waals surface area contributed by atoms with Gasteiger partial charge >= 0.3 is 12.1 Å². The van der Waals surface area contributed by atoms with Gasteiger partial charge in [0.1, 0.15) is 12.6 Å². The summed E-state index contributed by atoms with van der Waals surface area (Å²) >= 11 is 0. The molecule has 3 rings (SSSR count). The molecule has 5 nitrogen and oxygen atoms in total. The van der Waals surface area contributed by atoms with Gasteiger partial charge in [-0.3, -0.25) is 0 Å². The molecule has 0 spiro atoms. The Balaban J connectivity index is 1.68. The lowest BCUT2D eigenvalue weighted by molar-refractivity contribution is -0.143. The molecule has 5 heteroatoms. The van der Waals surface area contributed by atoms with Crippen LogP contribution in [0.25, 0.3) is 11.1 Å². The van der Waals surface area contributed by atoms with Crippen molar-refractivity contribution in [1.82, 2.24) is 5.32 Å². The molecule has 0 bridgehead atoms. The lowest BCUT2D eigenvalue weighted by Gasteiger charge is -2.18. The van der Waals surface area contributed by atoms with Gasteiger partial charge in [-0.1, -0.05) is 62.4 Å². The third-order valence-electron chi connectivity index (χ3n) is 4.75. The number of hydrogen-bond acceptors (Lipinski definition) is 5. The molecule has 0 aromatic heterocycles. The monoisotopic (exact) mass is 353 g/mol. The molecule has 0 fully saturated rings. The van der Waals surface area contributed by atoms with Gasteiger partial charge in [0, 0.05) is 5.92 Å². The molecule has 0 heterocycles. The first kappa shape index (κ1) is 18.1. The summed E-state index contributed by atoms with van der Waals surface area (Å²) in [5.74, 6) is -0.677. The van der Waals surface area contributed by atoms with E-state index in [0.29, 0.717) is 0 Å². The van der Waals surface area contributed by atoms with E-state index >= 15 is 0 Å². The summed E-state index contributed by atoms with van der Waals surface area (Å²) in [6.45, 7) is 3.88. The van der Waals surface area contributed by atoms with Crippen molar-refractivity contribution in [2.45, 2.75) is 25.8 Å². The SMILES string of the molecule is CN[C@H](C(=O)OC(=O)OCC1c2ccccc2-c2ccccc21)C(C)C. The third kappa shape index (κ3) is 3.48. The number of fused-ring (bicyclic) bond motifs is 3. The van der Waals surface area contributed by atoms with Crippen LogP contribution in [0.4, 0.5) is 4.79 Å². The minimum Gasteiger partial charge on any atom is -0.433 e. The summed E-state index contributed by atoms with van der Waals surface area (Å²) in [7, 11) is 1.66. The van der Waals surface area contributed by atoms with Crippen LogP contribution in [0.5, 0.6) is 0 Å². The summed E-state index contributed by atoms with van der Waals surface area (Å²) in [6.07, 6.45) is -0.960. The van der Waals surface area contributed by atoms with E-state index in [1.165, 1.54) is 0 Å². The van der Waals surface area contributed by atoms with E-state index in [4.69, 9.17) is 9.47 Å². The minimum atomic E-state index is -0.960. The van der Waals surface area contributed by atoms with E-state index in [1.807, 2.05) is 50.2 Å². The maximum absolute atomic E-state index is 12.0. The molecule has 2 aromatic carbocycles. The van der Waals surface area contributed by atoms with E-state index in [0.717, 1.165) is 22.3 Å². The van der Waals surface area contributed by atoms with Crippen LogP contribution in [0.2, 0.25) is 0 Å². The fourth-order valence-corrected chi connectivity index (χ4v) is 3.49. The number of benzene rings is 2. The Morgan fingerprint density at radius 2 is 1.54 bits per heavy atom. The van der Waals surface area contributed by atoms with Crippen LogP contribution in [-0.4, -0.2) is 31.8 Å². The van der Waals surface area contributed by atoms with E-state index in [-0.39, 0.29) is 18.4 Å². The smallest absolute Gasteiger partial charge is 0.433 e. The Bertz CT molecular complexity index is 770. The number of hydrogen-bond donors (Lipinski definition) is 1. The Kier molecular flexibility index (Phi) is 5.38. The van der Waals surface area contributed by atoms with Crippen molar-refractivity contribution in [3.05, 3.63) is 59.7 Å². The largest absolute Gasteiger partial charge is 0.516 e. The molecule has 0 radical (unpaired) electrons. The number of ether oxygens (including phenoxy) is 2. The third-order valence-corrected chi connectivity index (χ3v) is 4.75. The molecule has 0 aliphatic heterocycles. The fraction of sp³-hybridized carbons (Fsp3) is 0.333. The number of nitrogens with one attached hydrogen (secondary N) is 1. The number of esters is 1. The molecule has 2 aromatic rings. The van der Waals surface area contributed by atoms with Gasteiger partial charge in [0.25, 0.3) is 0 Å². The highest BCUT2D eigenvalue weighted by molar-refractivity contribution is 5.86. The molecule has 1 aliphatic carbocycles. The normalized spacial score (nSPS) is 13.8.